The van der Waals surface area contributed by atoms with Crippen LogP contribution < -0.4 is 5.32 Å². The van der Waals surface area contributed by atoms with Crippen LogP contribution in [0.15, 0.2) is 36.4 Å². The van der Waals surface area contributed by atoms with Gasteiger partial charge in [-0.1, -0.05) is 23.7 Å². The molecule has 1 saturated heterocycles. The Morgan fingerprint density at radius 3 is 2.68 bits per heavy atom. The van der Waals surface area contributed by atoms with E-state index in [1.807, 2.05) is 41.3 Å². The van der Waals surface area contributed by atoms with Gasteiger partial charge < -0.3 is 10.2 Å². The molecule has 2 aromatic rings. The zero-order chi connectivity index (χ0) is 14.8. The van der Waals surface area contributed by atoms with Crippen LogP contribution in [0.1, 0.15) is 16.6 Å². The number of nitrogens with zero attached hydrogens (tertiary/aromatic N) is 1. The molecule has 1 atom stereocenters. The van der Waals surface area contributed by atoms with Crippen LogP contribution in [0.2, 0.25) is 5.02 Å². The number of halogens is 2. The fraction of sp³-hybridized carbons (Fsp3) is 0.312. The van der Waals surface area contributed by atoms with Gasteiger partial charge in [0.25, 0.3) is 5.91 Å². The normalized spacial score (nSPS) is 17.9. The molecule has 0 saturated carbocycles. The quantitative estimate of drug-likeness (QED) is 0.884. The zero-order valence-corrected chi connectivity index (χ0v) is 14.6. The Bertz CT molecular complexity index is 642. The van der Waals surface area contributed by atoms with E-state index in [1.54, 1.807) is 11.3 Å². The second kappa shape index (κ2) is 7.47. The average Bonchev–Trinajstić information content (AvgIpc) is 2.98. The predicted molar refractivity (Wildman–Crippen MR) is 95.4 cm³/mol. The molecule has 3 rings (SSSR count). The monoisotopic (exact) mass is 356 g/mol. The number of amides is 1. The zero-order valence-electron chi connectivity index (χ0n) is 12.2. The van der Waals surface area contributed by atoms with Crippen LogP contribution in [0.4, 0.5) is 0 Å². The molecule has 1 aromatic carbocycles. The summed E-state index contributed by atoms with van der Waals surface area (Å²) in [5, 5.41) is 4.03. The summed E-state index contributed by atoms with van der Waals surface area (Å²) in [5.41, 5.74) is 1.09. The predicted octanol–water partition coefficient (Wildman–Crippen LogP) is 3.92. The van der Waals surface area contributed by atoms with Gasteiger partial charge in [-0.25, -0.2) is 0 Å². The number of carbonyl (C=O) groups is 1. The van der Waals surface area contributed by atoms with E-state index in [-0.39, 0.29) is 24.4 Å². The SMILES string of the molecule is CC1CNCCN1C(=O)c1ccc(-c2ccc(Cl)cc2)s1.Cl. The number of rotatable bonds is 2. The lowest BCUT2D eigenvalue weighted by Crippen LogP contribution is -2.52. The molecule has 1 N–H and O–H groups in total. The van der Waals surface area contributed by atoms with Crippen molar-refractivity contribution in [3.63, 3.8) is 0 Å². The summed E-state index contributed by atoms with van der Waals surface area (Å²) < 4.78 is 0. The molecule has 1 aliphatic heterocycles. The van der Waals surface area contributed by atoms with Gasteiger partial charge >= 0.3 is 0 Å². The lowest BCUT2D eigenvalue weighted by Gasteiger charge is -2.33. The third kappa shape index (κ3) is 3.63. The first-order valence-electron chi connectivity index (χ1n) is 7.02. The maximum absolute atomic E-state index is 12.6. The highest BCUT2D eigenvalue weighted by atomic mass is 35.5. The lowest BCUT2D eigenvalue weighted by atomic mass is 10.2. The minimum absolute atomic E-state index is 0. The molecule has 0 aliphatic carbocycles. The molecule has 3 nitrogen and oxygen atoms in total. The average molecular weight is 357 g/mol. The third-order valence-corrected chi connectivity index (χ3v) is 5.08. The molecule has 0 bridgehead atoms. The standard InChI is InChI=1S/C16H17ClN2OS.ClH/c1-11-10-18-8-9-19(11)16(20)15-7-6-14(21-15)12-2-4-13(17)5-3-12;/h2-7,11,18H,8-10H2,1H3;1H. The van der Waals surface area contributed by atoms with Crippen molar-refractivity contribution in [2.24, 2.45) is 0 Å². The van der Waals surface area contributed by atoms with Crippen LogP contribution in [0.25, 0.3) is 10.4 Å². The van der Waals surface area contributed by atoms with E-state index in [1.165, 1.54) is 0 Å². The van der Waals surface area contributed by atoms with E-state index in [2.05, 4.69) is 12.2 Å². The molecule has 1 amide bonds. The van der Waals surface area contributed by atoms with E-state index >= 15 is 0 Å². The van der Waals surface area contributed by atoms with Crippen LogP contribution in [0.3, 0.4) is 0 Å². The Balaban J connectivity index is 0.00000176. The highest BCUT2D eigenvalue weighted by Crippen LogP contribution is 2.30. The van der Waals surface area contributed by atoms with Crippen molar-refractivity contribution >= 4 is 41.3 Å². The molecule has 1 unspecified atom stereocenters. The number of carbonyl (C=O) groups excluding carboxylic acids is 1. The first kappa shape index (κ1) is 17.3. The molecule has 118 valence electrons. The number of thiophene rings is 1. The Morgan fingerprint density at radius 2 is 2.00 bits per heavy atom. The van der Waals surface area contributed by atoms with Crippen LogP contribution in [0, 0.1) is 0 Å². The lowest BCUT2D eigenvalue weighted by molar-refractivity contribution is 0.0661. The molecule has 1 fully saturated rings. The highest BCUT2D eigenvalue weighted by molar-refractivity contribution is 7.17. The van der Waals surface area contributed by atoms with Gasteiger partial charge in [0.1, 0.15) is 0 Å². The number of nitrogens with one attached hydrogen (secondary N) is 1. The molecule has 0 spiro atoms. The van der Waals surface area contributed by atoms with E-state index in [4.69, 9.17) is 11.6 Å². The van der Waals surface area contributed by atoms with Crippen LogP contribution in [0.5, 0.6) is 0 Å². The molecule has 6 heteroatoms. The van der Waals surface area contributed by atoms with Crippen molar-refractivity contribution in [1.82, 2.24) is 10.2 Å². The second-order valence-electron chi connectivity index (χ2n) is 5.22. The van der Waals surface area contributed by atoms with E-state index in [0.29, 0.717) is 0 Å². The van der Waals surface area contributed by atoms with Crippen molar-refractivity contribution in [3.05, 3.63) is 46.3 Å². The summed E-state index contributed by atoms with van der Waals surface area (Å²) in [6, 6.07) is 11.9. The first-order valence-corrected chi connectivity index (χ1v) is 8.22. The largest absolute Gasteiger partial charge is 0.333 e. The van der Waals surface area contributed by atoms with Crippen molar-refractivity contribution in [2.45, 2.75) is 13.0 Å². The maximum Gasteiger partial charge on any atom is 0.264 e. The van der Waals surface area contributed by atoms with Gasteiger partial charge in [0.05, 0.1) is 4.88 Å². The summed E-state index contributed by atoms with van der Waals surface area (Å²) in [4.78, 5) is 16.4. The minimum atomic E-state index is 0. The van der Waals surface area contributed by atoms with Crippen LogP contribution in [-0.4, -0.2) is 36.5 Å². The molecule has 22 heavy (non-hydrogen) atoms. The van der Waals surface area contributed by atoms with Gasteiger partial charge in [-0.15, -0.1) is 23.7 Å². The van der Waals surface area contributed by atoms with E-state index in [0.717, 1.165) is 40.0 Å². The topological polar surface area (TPSA) is 32.3 Å². The first-order chi connectivity index (χ1) is 10.1. The summed E-state index contributed by atoms with van der Waals surface area (Å²) in [7, 11) is 0. The Morgan fingerprint density at radius 1 is 1.27 bits per heavy atom. The van der Waals surface area contributed by atoms with Gasteiger partial charge in [-0.05, 0) is 36.8 Å². The molecule has 2 heterocycles. The van der Waals surface area contributed by atoms with Crippen molar-refractivity contribution in [3.8, 4) is 10.4 Å². The summed E-state index contributed by atoms with van der Waals surface area (Å²) >= 11 is 7.45. The van der Waals surface area contributed by atoms with Gasteiger partial charge in [-0.2, -0.15) is 0 Å². The Kier molecular flexibility index (Phi) is 5.87. The molecule has 1 aromatic heterocycles. The molecule has 0 radical (unpaired) electrons. The van der Waals surface area contributed by atoms with Crippen LogP contribution >= 0.6 is 35.3 Å². The smallest absolute Gasteiger partial charge is 0.264 e. The van der Waals surface area contributed by atoms with Gasteiger partial charge in [0, 0.05) is 35.6 Å². The minimum Gasteiger partial charge on any atom is -0.333 e. The molecular weight excluding hydrogens is 339 g/mol. The van der Waals surface area contributed by atoms with Crippen molar-refractivity contribution in [2.75, 3.05) is 19.6 Å². The number of hydrogen-bond donors (Lipinski definition) is 1. The van der Waals surface area contributed by atoms with Crippen LogP contribution in [-0.2, 0) is 0 Å². The number of hydrogen-bond acceptors (Lipinski definition) is 3. The summed E-state index contributed by atoms with van der Waals surface area (Å²) in [6.07, 6.45) is 0. The van der Waals surface area contributed by atoms with E-state index in [9.17, 15) is 4.79 Å². The van der Waals surface area contributed by atoms with E-state index < -0.39 is 0 Å². The third-order valence-electron chi connectivity index (χ3n) is 3.71. The fourth-order valence-electron chi connectivity index (χ4n) is 2.51. The number of benzene rings is 1. The van der Waals surface area contributed by atoms with Gasteiger partial charge in [0.15, 0.2) is 0 Å². The molecule has 1 aliphatic rings. The molecular formula is C16H18Cl2N2OS. The number of piperazine rings is 1. The van der Waals surface area contributed by atoms with Crippen molar-refractivity contribution in [1.29, 1.82) is 0 Å². The summed E-state index contributed by atoms with van der Waals surface area (Å²) in [5.74, 6) is 0.134. The fourth-order valence-corrected chi connectivity index (χ4v) is 3.60. The van der Waals surface area contributed by atoms with Gasteiger partial charge in [-0.3, -0.25) is 4.79 Å². The summed E-state index contributed by atoms with van der Waals surface area (Å²) in [6.45, 7) is 4.58. The Hall–Kier alpha value is -1.07. The van der Waals surface area contributed by atoms with Gasteiger partial charge in [0.2, 0.25) is 0 Å². The van der Waals surface area contributed by atoms with Crippen molar-refractivity contribution < 1.29 is 4.79 Å². The highest BCUT2D eigenvalue weighted by Gasteiger charge is 2.25. The second-order valence-corrected chi connectivity index (χ2v) is 6.74. The Labute approximate surface area is 145 Å². The maximum atomic E-state index is 12.6.